The van der Waals surface area contributed by atoms with Crippen LogP contribution in [0.1, 0.15) is 46.4 Å². The van der Waals surface area contributed by atoms with Gasteiger partial charge in [0.1, 0.15) is 15.6 Å². The molecule has 9 heteroatoms. The van der Waals surface area contributed by atoms with Gasteiger partial charge in [0, 0.05) is 11.3 Å². The lowest BCUT2D eigenvalue weighted by atomic mass is 10.1. The number of hydrogen-bond acceptors (Lipinski definition) is 6. The Morgan fingerprint density at radius 1 is 1.10 bits per heavy atom. The number of sulfonamides is 1. The monoisotopic (exact) mass is 459 g/mol. The van der Waals surface area contributed by atoms with E-state index in [-0.39, 0.29) is 10.1 Å². The van der Waals surface area contributed by atoms with Crippen LogP contribution in [0, 0.1) is 27.7 Å². The number of aryl methyl sites for hydroxylation is 4. The lowest BCUT2D eigenvalue weighted by Gasteiger charge is -2.13. The number of amides is 1. The number of hydrogen-bond donors (Lipinski definition) is 2. The number of nitrogens with zero attached hydrogens (tertiary/aromatic N) is 1. The van der Waals surface area contributed by atoms with Crippen molar-refractivity contribution in [2.75, 3.05) is 10.0 Å². The van der Waals surface area contributed by atoms with Crippen LogP contribution >= 0.6 is 11.3 Å². The minimum Gasteiger partial charge on any atom is -0.354 e. The Morgan fingerprint density at radius 3 is 2.42 bits per heavy atom. The molecule has 0 aliphatic heterocycles. The predicted molar refractivity (Wildman–Crippen MR) is 125 cm³/mol. The molecule has 0 saturated heterocycles. The first-order valence-electron chi connectivity index (χ1n) is 9.75. The van der Waals surface area contributed by atoms with E-state index in [0.29, 0.717) is 29.2 Å². The van der Waals surface area contributed by atoms with Gasteiger partial charge in [-0.05, 0) is 63.1 Å². The molecule has 0 aliphatic rings. The average molecular weight is 460 g/mol. The van der Waals surface area contributed by atoms with Crippen molar-refractivity contribution in [1.29, 1.82) is 0 Å². The summed E-state index contributed by atoms with van der Waals surface area (Å²) in [5, 5.41) is 6.65. The normalized spacial score (nSPS) is 11.8. The van der Waals surface area contributed by atoms with E-state index in [0.717, 1.165) is 32.9 Å². The molecule has 0 saturated carbocycles. The Labute approximate surface area is 186 Å². The van der Waals surface area contributed by atoms with Crippen molar-refractivity contribution in [3.63, 3.8) is 0 Å². The van der Waals surface area contributed by atoms with E-state index in [9.17, 15) is 13.2 Å². The molecule has 1 amide bonds. The van der Waals surface area contributed by atoms with Gasteiger partial charge < -0.3 is 9.84 Å². The maximum atomic E-state index is 12.9. The summed E-state index contributed by atoms with van der Waals surface area (Å²) in [7, 11) is -3.71. The Bertz CT molecular complexity index is 1230. The second kappa shape index (κ2) is 9.07. The molecule has 1 aromatic carbocycles. The fraction of sp³-hybridized carbons (Fsp3) is 0.273. The minimum atomic E-state index is -3.71. The average Bonchev–Trinajstić information content (AvgIpc) is 3.31. The molecule has 0 spiro atoms. The van der Waals surface area contributed by atoms with Crippen molar-refractivity contribution in [2.24, 2.45) is 0 Å². The van der Waals surface area contributed by atoms with Crippen molar-refractivity contribution in [3.05, 3.63) is 57.3 Å². The predicted octanol–water partition coefficient (Wildman–Crippen LogP) is 5.29. The van der Waals surface area contributed by atoms with E-state index in [1.54, 1.807) is 38.1 Å². The first-order valence-corrected chi connectivity index (χ1v) is 12.1. The first kappa shape index (κ1) is 22.8. The number of carbonyl (C=O) groups is 1. The van der Waals surface area contributed by atoms with Gasteiger partial charge in [0.2, 0.25) is 5.91 Å². The number of anilines is 2. The van der Waals surface area contributed by atoms with Crippen molar-refractivity contribution < 1.29 is 17.7 Å². The van der Waals surface area contributed by atoms with Gasteiger partial charge in [-0.2, -0.15) is 0 Å². The van der Waals surface area contributed by atoms with Gasteiger partial charge in [0.25, 0.3) is 10.0 Å². The molecule has 0 fully saturated rings. The van der Waals surface area contributed by atoms with E-state index >= 15 is 0 Å². The van der Waals surface area contributed by atoms with Gasteiger partial charge in [-0.3, -0.25) is 9.52 Å². The molecular weight excluding hydrogens is 434 g/mol. The Morgan fingerprint density at radius 2 is 1.77 bits per heavy atom. The fourth-order valence-electron chi connectivity index (χ4n) is 3.13. The summed E-state index contributed by atoms with van der Waals surface area (Å²) in [6.45, 7) is 9.24. The van der Waals surface area contributed by atoms with Gasteiger partial charge >= 0.3 is 0 Å². The zero-order chi connectivity index (χ0) is 22.8. The van der Waals surface area contributed by atoms with Crippen LogP contribution in [0.5, 0.6) is 0 Å². The summed E-state index contributed by atoms with van der Waals surface area (Å²) in [5.74, 6) is 0.263. The molecule has 0 aliphatic carbocycles. The Hall–Kier alpha value is -2.91. The summed E-state index contributed by atoms with van der Waals surface area (Å²) in [5.41, 5.74) is 4.52. The van der Waals surface area contributed by atoms with E-state index in [2.05, 4.69) is 15.2 Å². The summed E-state index contributed by atoms with van der Waals surface area (Å²) in [6, 6.07) is 7.18. The van der Waals surface area contributed by atoms with Gasteiger partial charge in [0.15, 0.2) is 5.76 Å². The minimum absolute atomic E-state index is 0.141. The summed E-state index contributed by atoms with van der Waals surface area (Å²) >= 11 is 1.14. The van der Waals surface area contributed by atoms with Crippen LogP contribution < -0.4 is 10.0 Å². The molecule has 0 radical (unpaired) electrons. The van der Waals surface area contributed by atoms with Crippen LogP contribution in [0.2, 0.25) is 0 Å². The van der Waals surface area contributed by atoms with Gasteiger partial charge in [-0.25, -0.2) is 8.42 Å². The lowest BCUT2D eigenvalue weighted by Crippen LogP contribution is -2.13. The highest BCUT2D eigenvalue weighted by molar-refractivity contribution is 7.94. The zero-order valence-corrected chi connectivity index (χ0v) is 19.7. The van der Waals surface area contributed by atoms with Crippen LogP contribution in [0.25, 0.3) is 12.2 Å². The number of aromatic nitrogens is 1. The zero-order valence-electron chi connectivity index (χ0n) is 18.1. The molecule has 164 valence electrons. The van der Waals surface area contributed by atoms with Crippen LogP contribution in [-0.4, -0.2) is 19.5 Å². The summed E-state index contributed by atoms with van der Waals surface area (Å²) in [6.07, 6.45) is 3.73. The van der Waals surface area contributed by atoms with Crippen LogP contribution in [0.3, 0.4) is 0 Å². The van der Waals surface area contributed by atoms with E-state index < -0.39 is 10.0 Å². The molecule has 0 bridgehead atoms. The second-order valence-corrected chi connectivity index (χ2v) is 10.3. The van der Waals surface area contributed by atoms with Crippen molar-refractivity contribution >= 4 is 50.8 Å². The number of carbonyl (C=O) groups excluding carboxylic acids is 1. The number of nitrogens with one attached hydrogen (secondary N) is 2. The molecule has 2 aromatic heterocycles. The third-order valence-corrected chi connectivity index (χ3v) is 7.55. The van der Waals surface area contributed by atoms with Crippen LogP contribution in [-0.2, 0) is 14.8 Å². The molecule has 0 atom stereocenters. The van der Waals surface area contributed by atoms with Crippen LogP contribution in [0.15, 0.2) is 33.0 Å². The third kappa shape index (κ3) is 5.23. The lowest BCUT2D eigenvalue weighted by molar-refractivity contribution is -0.115. The number of benzene rings is 1. The Kier molecular flexibility index (Phi) is 6.66. The molecule has 0 unspecified atom stereocenters. The fourth-order valence-corrected chi connectivity index (χ4v) is 5.56. The highest BCUT2D eigenvalue weighted by atomic mass is 32.2. The van der Waals surface area contributed by atoms with E-state index in [4.69, 9.17) is 4.52 Å². The third-order valence-electron chi connectivity index (χ3n) is 4.65. The maximum absolute atomic E-state index is 12.9. The quantitative estimate of drug-likeness (QED) is 0.500. The second-order valence-electron chi connectivity index (χ2n) is 7.28. The molecule has 7 nitrogen and oxygen atoms in total. The largest absolute Gasteiger partial charge is 0.354 e. The number of thiophene rings is 1. The van der Waals surface area contributed by atoms with Gasteiger partial charge in [-0.15, -0.1) is 11.3 Å². The summed E-state index contributed by atoms with van der Waals surface area (Å²) in [4.78, 5) is 12.4. The SMILES string of the molecule is CCC(=O)Nc1c(C)noc1/C=C/c1ccc(S(=O)(=O)Nc2c(C)cc(C)cc2C)s1. The molecule has 2 N–H and O–H groups in total. The highest BCUT2D eigenvalue weighted by Gasteiger charge is 2.19. The van der Waals surface area contributed by atoms with Crippen molar-refractivity contribution in [2.45, 2.75) is 45.2 Å². The molecule has 3 rings (SSSR count). The maximum Gasteiger partial charge on any atom is 0.271 e. The van der Waals surface area contributed by atoms with E-state index in [1.165, 1.54) is 0 Å². The standard InChI is InChI=1S/C22H25N3O4S2/c1-6-19(26)23-22-16(5)24-29-18(22)9-7-17-8-10-20(30-17)31(27,28)25-21-14(3)11-13(2)12-15(21)4/h7-12,25H,6H2,1-5H3,(H,23,26)/b9-7+. The topological polar surface area (TPSA) is 101 Å². The molecule has 2 heterocycles. The summed E-state index contributed by atoms with van der Waals surface area (Å²) < 4.78 is 34.0. The van der Waals surface area contributed by atoms with Crippen molar-refractivity contribution in [3.8, 4) is 0 Å². The van der Waals surface area contributed by atoms with Gasteiger partial charge in [0.05, 0.1) is 5.69 Å². The first-order chi connectivity index (χ1) is 14.6. The highest BCUT2D eigenvalue weighted by Crippen LogP contribution is 2.30. The van der Waals surface area contributed by atoms with E-state index in [1.807, 2.05) is 32.9 Å². The van der Waals surface area contributed by atoms with Crippen molar-refractivity contribution in [1.82, 2.24) is 5.16 Å². The number of rotatable bonds is 7. The van der Waals surface area contributed by atoms with Crippen LogP contribution in [0.4, 0.5) is 11.4 Å². The molecule has 3 aromatic rings. The molecular formula is C22H25N3O4S2. The smallest absolute Gasteiger partial charge is 0.271 e. The van der Waals surface area contributed by atoms with Gasteiger partial charge in [-0.1, -0.05) is 29.8 Å². The Balaban J connectivity index is 1.81. The molecule has 31 heavy (non-hydrogen) atoms.